The molecule has 0 aliphatic heterocycles. The summed E-state index contributed by atoms with van der Waals surface area (Å²) in [5.74, 6) is 0.667. The van der Waals surface area contributed by atoms with Gasteiger partial charge in [0.2, 0.25) is 0 Å². The van der Waals surface area contributed by atoms with Crippen molar-refractivity contribution in [3.8, 4) is 5.75 Å². The van der Waals surface area contributed by atoms with E-state index in [1.54, 1.807) is 7.11 Å². The van der Waals surface area contributed by atoms with E-state index in [4.69, 9.17) is 32.9 Å². The van der Waals surface area contributed by atoms with Gasteiger partial charge in [0.25, 0.3) is 0 Å². The predicted molar refractivity (Wildman–Crippen MR) is 105 cm³/mol. The van der Waals surface area contributed by atoms with Gasteiger partial charge in [0, 0.05) is 21.8 Å². The van der Waals surface area contributed by atoms with Crippen molar-refractivity contribution in [1.82, 2.24) is 4.98 Å². The first-order chi connectivity index (χ1) is 12.2. The maximum absolute atomic E-state index is 6.28. The molecule has 0 saturated heterocycles. The first-order valence-corrected chi connectivity index (χ1v) is 9.13. The van der Waals surface area contributed by atoms with Crippen molar-refractivity contribution in [2.75, 3.05) is 12.4 Å². The number of hydrogen-bond donors (Lipinski definition) is 1. The largest absolute Gasteiger partial charge is 0.495 e. The van der Waals surface area contributed by atoms with Crippen LogP contribution < -0.4 is 10.1 Å². The van der Waals surface area contributed by atoms with Crippen LogP contribution in [0, 0.1) is 0 Å². The monoisotopic (exact) mass is 372 g/mol. The van der Waals surface area contributed by atoms with E-state index in [2.05, 4.69) is 5.32 Å². The van der Waals surface area contributed by atoms with Crippen LogP contribution in [0.3, 0.4) is 0 Å². The van der Waals surface area contributed by atoms with Crippen molar-refractivity contribution in [3.05, 3.63) is 57.7 Å². The summed E-state index contributed by atoms with van der Waals surface area (Å²) in [6.07, 6.45) is 4.41. The van der Waals surface area contributed by atoms with Crippen LogP contribution in [0.25, 0.3) is 10.9 Å². The maximum Gasteiger partial charge on any atom is 0.137 e. The van der Waals surface area contributed by atoms with Crippen molar-refractivity contribution in [1.29, 1.82) is 0 Å². The average molecular weight is 373 g/mol. The number of aromatic nitrogens is 1. The van der Waals surface area contributed by atoms with Crippen LogP contribution >= 0.6 is 23.2 Å². The van der Waals surface area contributed by atoms with Gasteiger partial charge in [-0.2, -0.15) is 0 Å². The number of nitrogens with zero attached hydrogens (tertiary/aromatic N) is 1. The Labute approximate surface area is 156 Å². The molecule has 5 heteroatoms. The zero-order valence-corrected chi connectivity index (χ0v) is 15.4. The summed E-state index contributed by atoms with van der Waals surface area (Å²) < 4.78 is 5.24. The lowest BCUT2D eigenvalue weighted by molar-refractivity contribution is 0.415. The topological polar surface area (TPSA) is 34.1 Å². The molecular weight excluding hydrogens is 355 g/mol. The van der Waals surface area contributed by atoms with Crippen LogP contribution in [-0.4, -0.2) is 12.1 Å². The summed E-state index contributed by atoms with van der Waals surface area (Å²) >= 11 is 12.5. The molecule has 1 aliphatic carbocycles. The Morgan fingerprint density at radius 1 is 1.04 bits per heavy atom. The molecule has 1 aromatic heterocycles. The summed E-state index contributed by atoms with van der Waals surface area (Å²) in [6, 6.07) is 11.6. The summed E-state index contributed by atoms with van der Waals surface area (Å²) in [7, 11) is 1.62. The molecule has 1 N–H and O–H groups in total. The minimum Gasteiger partial charge on any atom is -0.495 e. The Morgan fingerprint density at radius 2 is 1.88 bits per heavy atom. The summed E-state index contributed by atoms with van der Waals surface area (Å²) in [6.45, 7) is 0. The highest BCUT2D eigenvalue weighted by molar-refractivity contribution is 6.32. The molecule has 0 saturated carbocycles. The third-order valence-corrected chi connectivity index (χ3v) is 5.18. The highest BCUT2D eigenvalue weighted by Crippen LogP contribution is 2.37. The molecule has 0 amide bonds. The fourth-order valence-corrected chi connectivity index (χ4v) is 3.85. The second kappa shape index (κ2) is 6.74. The molecular formula is C20H18Cl2N2O. The second-order valence-electron chi connectivity index (χ2n) is 6.25. The molecule has 1 aliphatic rings. The minimum absolute atomic E-state index is 0.586. The fourth-order valence-electron chi connectivity index (χ4n) is 3.43. The molecule has 3 aromatic rings. The SMILES string of the molecule is COc1ccc(Nc2c3c(nc4cc(Cl)ccc24)CCCC3)cc1Cl. The van der Waals surface area contributed by atoms with Gasteiger partial charge in [-0.05, 0) is 67.6 Å². The number of fused-ring (bicyclic) bond motifs is 2. The van der Waals surface area contributed by atoms with E-state index in [0.717, 1.165) is 35.1 Å². The lowest BCUT2D eigenvalue weighted by Gasteiger charge is -2.22. The quantitative estimate of drug-likeness (QED) is 0.596. The van der Waals surface area contributed by atoms with Gasteiger partial charge in [-0.1, -0.05) is 23.2 Å². The fraction of sp³-hybridized carbons (Fsp3) is 0.250. The lowest BCUT2D eigenvalue weighted by atomic mass is 9.92. The van der Waals surface area contributed by atoms with Crippen LogP contribution in [-0.2, 0) is 12.8 Å². The molecule has 0 atom stereocenters. The van der Waals surface area contributed by atoms with Gasteiger partial charge in [-0.25, -0.2) is 0 Å². The molecule has 0 radical (unpaired) electrons. The van der Waals surface area contributed by atoms with Crippen molar-refractivity contribution in [2.24, 2.45) is 0 Å². The molecule has 2 aromatic carbocycles. The zero-order valence-electron chi connectivity index (χ0n) is 13.9. The van der Waals surface area contributed by atoms with Crippen LogP contribution in [0.4, 0.5) is 11.4 Å². The lowest BCUT2D eigenvalue weighted by Crippen LogP contribution is -2.09. The molecule has 0 bridgehead atoms. The number of halogens is 2. The second-order valence-corrected chi connectivity index (χ2v) is 7.10. The molecule has 3 nitrogen and oxygen atoms in total. The summed E-state index contributed by atoms with van der Waals surface area (Å²) in [5.41, 5.74) is 5.44. The van der Waals surface area contributed by atoms with Crippen LogP contribution in [0.1, 0.15) is 24.1 Å². The Hall–Kier alpha value is -1.97. The molecule has 0 spiro atoms. The van der Waals surface area contributed by atoms with Gasteiger partial charge >= 0.3 is 0 Å². The van der Waals surface area contributed by atoms with Crippen molar-refractivity contribution in [2.45, 2.75) is 25.7 Å². The van der Waals surface area contributed by atoms with Gasteiger partial charge in [-0.3, -0.25) is 4.98 Å². The van der Waals surface area contributed by atoms with E-state index in [1.807, 2.05) is 36.4 Å². The first-order valence-electron chi connectivity index (χ1n) is 8.37. The van der Waals surface area contributed by atoms with Crippen LogP contribution in [0.5, 0.6) is 5.75 Å². The molecule has 128 valence electrons. The molecule has 0 fully saturated rings. The first kappa shape index (κ1) is 16.5. The molecule has 4 rings (SSSR count). The molecule has 1 heterocycles. The number of rotatable bonds is 3. The number of ether oxygens (including phenoxy) is 1. The molecule has 0 unspecified atom stereocenters. The van der Waals surface area contributed by atoms with E-state index in [0.29, 0.717) is 15.8 Å². The van der Waals surface area contributed by atoms with Crippen molar-refractivity contribution < 1.29 is 4.74 Å². The zero-order chi connectivity index (χ0) is 17.4. The van der Waals surface area contributed by atoms with Crippen LogP contribution in [0.15, 0.2) is 36.4 Å². The Kier molecular flexibility index (Phi) is 4.45. The normalized spacial score (nSPS) is 13.6. The Balaban J connectivity index is 1.86. The van der Waals surface area contributed by atoms with Crippen molar-refractivity contribution in [3.63, 3.8) is 0 Å². The Morgan fingerprint density at radius 3 is 2.68 bits per heavy atom. The third-order valence-electron chi connectivity index (χ3n) is 4.65. The number of pyridine rings is 1. The van der Waals surface area contributed by atoms with E-state index in [9.17, 15) is 0 Å². The highest BCUT2D eigenvalue weighted by Gasteiger charge is 2.18. The van der Waals surface area contributed by atoms with Crippen molar-refractivity contribution >= 4 is 45.5 Å². The molecule has 25 heavy (non-hydrogen) atoms. The van der Waals surface area contributed by atoms with E-state index >= 15 is 0 Å². The maximum atomic E-state index is 6.28. The van der Waals surface area contributed by atoms with Gasteiger partial charge < -0.3 is 10.1 Å². The van der Waals surface area contributed by atoms with Gasteiger partial charge in [0.05, 0.1) is 23.3 Å². The number of nitrogens with one attached hydrogen (secondary N) is 1. The van der Waals surface area contributed by atoms with E-state index in [1.165, 1.54) is 24.1 Å². The standard InChI is InChI=1S/C20H18Cl2N2O/c1-25-19-9-7-13(11-16(19)22)23-20-14-4-2-3-5-17(14)24-18-10-12(21)6-8-15(18)20/h6-11H,2-5H2,1H3,(H,23,24). The smallest absolute Gasteiger partial charge is 0.137 e. The van der Waals surface area contributed by atoms with E-state index in [-0.39, 0.29) is 0 Å². The minimum atomic E-state index is 0.586. The average Bonchev–Trinajstić information content (AvgIpc) is 2.61. The predicted octanol–water partition coefficient (Wildman–Crippen LogP) is 6.17. The van der Waals surface area contributed by atoms with Crippen LogP contribution in [0.2, 0.25) is 10.0 Å². The number of anilines is 2. The summed E-state index contributed by atoms with van der Waals surface area (Å²) in [4.78, 5) is 4.85. The number of methoxy groups -OCH3 is 1. The van der Waals surface area contributed by atoms with Gasteiger partial charge in [0.15, 0.2) is 0 Å². The van der Waals surface area contributed by atoms with E-state index < -0.39 is 0 Å². The number of benzene rings is 2. The van der Waals surface area contributed by atoms with Gasteiger partial charge in [-0.15, -0.1) is 0 Å². The van der Waals surface area contributed by atoms with Gasteiger partial charge in [0.1, 0.15) is 5.75 Å². The highest BCUT2D eigenvalue weighted by atomic mass is 35.5. The third kappa shape index (κ3) is 3.14. The number of aryl methyl sites for hydroxylation is 1. The summed E-state index contributed by atoms with van der Waals surface area (Å²) in [5, 5.41) is 5.93. The Bertz CT molecular complexity index is 956. The number of hydrogen-bond acceptors (Lipinski definition) is 3.